The second-order valence-corrected chi connectivity index (χ2v) is 4.97. The van der Waals surface area contributed by atoms with Gasteiger partial charge in [0.2, 0.25) is 0 Å². The number of nitriles is 2. The highest BCUT2D eigenvalue weighted by molar-refractivity contribution is 8.22. The molecule has 1 aliphatic heterocycles. The molecule has 15 heavy (non-hydrogen) atoms. The van der Waals surface area contributed by atoms with E-state index in [0.29, 0.717) is 11.1 Å². The van der Waals surface area contributed by atoms with Crippen LogP contribution in [0.4, 0.5) is 0 Å². The van der Waals surface area contributed by atoms with Gasteiger partial charge in [0.05, 0.1) is 11.1 Å². The summed E-state index contributed by atoms with van der Waals surface area (Å²) in [5.74, 6) is 0. The quantitative estimate of drug-likeness (QED) is 0.727. The second kappa shape index (κ2) is 4.04. The zero-order chi connectivity index (χ0) is 10.7. The summed E-state index contributed by atoms with van der Waals surface area (Å²) in [5, 5.41) is 21.9. The minimum Gasteiger partial charge on any atom is -0.192 e. The van der Waals surface area contributed by atoms with Gasteiger partial charge in [-0.3, -0.25) is 0 Å². The van der Waals surface area contributed by atoms with Crippen molar-refractivity contribution in [2.75, 3.05) is 0 Å². The van der Waals surface area contributed by atoms with Crippen LogP contribution in [0.1, 0.15) is 11.1 Å². The lowest BCUT2D eigenvalue weighted by Gasteiger charge is -2.10. The maximum atomic E-state index is 8.89. The number of hydrogen-bond acceptors (Lipinski definition) is 2. The Morgan fingerprint density at radius 3 is 2.20 bits per heavy atom. The van der Waals surface area contributed by atoms with E-state index in [1.54, 1.807) is 6.07 Å². The molecule has 0 atom stereocenters. The third-order valence-electron chi connectivity index (χ3n) is 2.15. The second-order valence-electron chi connectivity index (χ2n) is 3.04. The largest absolute Gasteiger partial charge is 0.192 e. The summed E-state index contributed by atoms with van der Waals surface area (Å²) in [5.41, 5.74) is 0.912. The summed E-state index contributed by atoms with van der Waals surface area (Å²) in [4.78, 5) is 1.12. The van der Waals surface area contributed by atoms with Gasteiger partial charge in [0.25, 0.3) is 0 Å². The van der Waals surface area contributed by atoms with Crippen molar-refractivity contribution in [3.8, 4) is 12.1 Å². The van der Waals surface area contributed by atoms with E-state index in [4.69, 9.17) is 10.5 Å². The molecule has 0 saturated carbocycles. The van der Waals surface area contributed by atoms with Crippen LogP contribution in [0, 0.1) is 22.7 Å². The molecule has 0 fully saturated rings. The molecule has 0 bridgehead atoms. The average Bonchev–Trinajstić information content (AvgIpc) is 2.81. The zero-order valence-corrected chi connectivity index (χ0v) is 8.78. The Labute approximate surface area is 91.1 Å². The molecule has 0 aliphatic carbocycles. The molecule has 1 heterocycles. The van der Waals surface area contributed by atoms with Gasteiger partial charge in [-0.25, -0.2) is 0 Å². The van der Waals surface area contributed by atoms with E-state index in [-0.39, 0.29) is 0 Å². The topological polar surface area (TPSA) is 47.6 Å². The van der Waals surface area contributed by atoms with Gasteiger partial charge in [0.15, 0.2) is 0 Å². The molecule has 0 amide bonds. The smallest absolute Gasteiger partial charge is 0.101 e. The first-order chi connectivity index (χ1) is 7.35. The Hall–Kier alpha value is -1.97. The van der Waals surface area contributed by atoms with Crippen LogP contribution in [0.3, 0.4) is 0 Å². The highest BCUT2D eigenvalue weighted by Crippen LogP contribution is 2.42. The number of allylic oxidation sites excluding steroid dienone is 2. The van der Waals surface area contributed by atoms with Crippen molar-refractivity contribution in [2.24, 2.45) is 0 Å². The van der Waals surface area contributed by atoms with Crippen LogP contribution in [0.5, 0.6) is 0 Å². The van der Waals surface area contributed by atoms with Gasteiger partial charge in [-0.1, -0.05) is 12.2 Å². The van der Waals surface area contributed by atoms with Crippen molar-refractivity contribution in [1.82, 2.24) is 0 Å². The minimum absolute atomic E-state index is 0.401. The van der Waals surface area contributed by atoms with E-state index in [2.05, 4.69) is 16.9 Å². The van der Waals surface area contributed by atoms with Gasteiger partial charge in [-0.2, -0.15) is 21.4 Å². The molecule has 0 aromatic heterocycles. The van der Waals surface area contributed by atoms with Crippen molar-refractivity contribution in [1.29, 1.82) is 10.5 Å². The molecule has 1 aromatic carbocycles. The third kappa shape index (κ3) is 1.79. The summed E-state index contributed by atoms with van der Waals surface area (Å²) in [6, 6.07) is 9.51. The van der Waals surface area contributed by atoms with Gasteiger partial charge < -0.3 is 0 Å². The maximum absolute atomic E-state index is 8.89. The van der Waals surface area contributed by atoms with E-state index in [0.717, 1.165) is 4.90 Å². The minimum atomic E-state index is -0.401. The molecular formula is C12H8N2S. The van der Waals surface area contributed by atoms with Crippen LogP contribution in [0.15, 0.2) is 46.1 Å². The van der Waals surface area contributed by atoms with Crippen molar-refractivity contribution in [3.05, 3.63) is 52.3 Å². The number of nitrogens with zero attached hydrogens (tertiary/aromatic N) is 2. The van der Waals surface area contributed by atoms with Gasteiger partial charge in [0.1, 0.15) is 12.1 Å². The monoisotopic (exact) mass is 212 g/mol. The average molecular weight is 212 g/mol. The van der Waals surface area contributed by atoms with E-state index in [1.807, 2.05) is 30.4 Å². The molecule has 1 aliphatic rings. The van der Waals surface area contributed by atoms with Crippen LogP contribution in [-0.4, -0.2) is 0 Å². The van der Waals surface area contributed by atoms with Crippen molar-refractivity contribution < 1.29 is 0 Å². The van der Waals surface area contributed by atoms with E-state index < -0.39 is 10.9 Å². The van der Waals surface area contributed by atoms with Crippen LogP contribution < -0.4 is 0 Å². The third-order valence-corrected chi connectivity index (χ3v) is 4.01. The molecule has 0 N–H and O–H groups in total. The Morgan fingerprint density at radius 1 is 0.933 bits per heavy atom. The predicted molar refractivity (Wildman–Crippen MR) is 61.4 cm³/mol. The SMILES string of the molecule is N#Cc1ccc([SH]2C=CC=C2)cc1C#N. The lowest BCUT2D eigenvalue weighted by molar-refractivity contribution is 1.36. The van der Waals surface area contributed by atoms with Gasteiger partial charge in [-0.05, 0) is 33.9 Å². The standard InChI is InChI=1S/C12H8N2S/c13-8-10-3-4-12(7-11(10)9-14)15-5-1-2-6-15/h1-7,15H. The fourth-order valence-corrected chi connectivity index (χ4v) is 2.93. The molecule has 1 aromatic rings. The summed E-state index contributed by atoms with van der Waals surface area (Å²) < 4.78 is 0. The fraction of sp³-hybridized carbons (Fsp3) is 0. The molecule has 2 nitrogen and oxygen atoms in total. The van der Waals surface area contributed by atoms with Crippen LogP contribution in [0.2, 0.25) is 0 Å². The zero-order valence-electron chi connectivity index (χ0n) is 7.88. The van der Waals surface area contributed by atoms with Crippen molar-refractivity contribution >= 4 is 10.9 Å². The lowest BCUT2D eigenvalue weighted by atomic mass is 10.1. The van der Waals surface area contributed by atoms with Crippen LogP contribution in [-0.2, 0) is 0 Å². The van der Waals surface area contributed by atoms with Gasteiger partial charge in [0, 0.05) is 0 Å². The molecule has 0 saturated heterocycles. The molecular weight excluding hydrogens is 204 g/mol. The van der Waals surface area contributed by atoms with Crippen molar-refractivity contribution in [2.45, 2.75) is 4.90 Å². The van der Waals surface area contributed by atoms with E-state index >= 15 is 0 Å². The Kier molecular flexibility index (Phi) is 2.58. The normalized spacial score (nSPS) is 14.9. The number of benzene rings is 1. The summed E-state index contributed by atoms with van der Waals surface area (Å²) in [6.45, 7) is 0. The summed E-state index contributed by atoms with van der Waals surface area (Å²) in [7, 11) is -0.401. The molecule has 72 valence electrons. The lowest BCUT2D eigenvalue weighted by Crippen LogP contribution is -1.85. The highest BCUT2D eigenvalue weighted by Gasteiger charge is 2.07. The van der Waals surface area contributed by atoms with Gasteiger partial charge >= 0.3 is 0 Å². The Bertz CT molecular complexity index is 518. The first kappa shape index (κ1) is 9.58. The summed E-state index contributed by atoms with van der Waals surface area (Å²) >= 11 is 0. The molecule has 3 heteroatoms. The Morgan fingerprint density at radius 2 is 1.60 bits per heavy atom. The van der Waals surface area contributed by atoms with Crippen LogP contribution in [0.25, 0.3) is 0 Å². The Balaban J connectivity index is 2.45. The molecule has 0 spiro atoms. The molecule has 2 rings (SSSR count). The van der Waals surface area contributed by atoms with E-state index in [1.165, 1.54) is 0 Å². The van der Waals surface area contributed by atoms with Crippen LogP contribution >= 0.6 is 10.9 Å². The number of hydrogen-bond donors (Lipinski definition) is 1. The first-order valence-electron chi connectivity index (χ1n) is 4.43. The highest BCUT2D eigenvalue weighted by atomic mass is 32.2. The predicted octanol–water partition coefficient (Wildman–Crippen LogP) is 2.83. The summed E-state index contributed by atoms with van der Waals surface area (Å²) in [6.07, 6.45) is 4.02. The van der Waals surface area contributed by atoms with E-state index in [9.17, 15) is 0 Å². The van der Waals surface area contributed by atoms with Crippen molar-refractivity contribution in [3.63, 3.8) is 0 Å². The maximum Gasteiger partial charge on any atom is 0.101 e. The fourth-order valence-electron chi connectivity index (χ4n) is 1.39. The number of rotatable bonds is 1. The molecule has 0 radical (unpaired) electrons. The van der Waals surface area contributed by atoms with Gasteiger partial charge in [-0.15, -0.1) is 0 Å². The number of thiol groups is 1. The molecule has 0 unspecified atom stereocenters. The first-order valence-corrected chi connectivity index (χ1v) is 5.91.